The van der Waals surface area contributed by atoms with Gasteiger partial charge in [-0.3, -0.25) is 10.00 Å². The highest BCUT2D eigenvalue weighted by Crippen LogP contribution is 2.37. The molecule has 0 radical (unpaired) electrons. The number of sulfonamides is 1. The van der Waals surface area contributed by atoms with Crippen LogP contribution in [0.2, 0.25) is 5.02 Å². The van der Waals surface area contributed by atoms with Crippen molar-refractivity contribution < 1.29 is 8.42 Å². The number of nitrogens with one attached hydrogen (secondary N) is 1. The van der Waals surface area contributed by atoms with E-state index < -0.39 is 15.3 Å². The molecule has 1 aliphatic heterocycles. The van der Waals surface area contributed by atoms with Gasteiger partial charge in [0.2, 0.25) is 10.0 Å². The molecule has 4 aromatic rings. The van der Waals surface area contributed by atoms with Crippen LogP contribution in [0.25, 0.3) is 21.0 Å². The fourth-order valence-corrected chi connectivity index (χ4v) is 7.72. The first-order valence-electron chi connectivity index (χ1n) is 10.6. The molecular weight excluding hydrogens is 478 g/mol. The molecule has 172 valence electrons. The number of rotatable bonds is 6. The zero-order valence-electron chi connectivity index (χ0n) is 17.9. The van der Waals surface area contributed by atoms with Crippen LogP contribution in [0.15, 0.2) is 55.1 Å². The third kappa shape index (κ3) is 4.27. The van der Waals surface area contributed by atoms with Crippen LogP contribution in [0, 0.1) is 0 Å². The van der Waals surface area contributed by atoms with Crippen molar-refractivity contribution in [3.63, 3.8) is 0 Å². The van der Waals surface area contributed by atoms with E-state index in [9.17, 15) is 8.42 Å². The molecular formula is C23H24ClN5O2S2. The van der Waals surface area contributed by atoms with E-state index in [1.54, 1.807) is 4.31 Å². The number of nitrogen functional groups attached to an aromatic ring is 1. The van der Waals surface area contributed by atoms with Crippen LogP contribution in [-0.2, 0) is 16.6 Å². The summed E-state index contributed by atoms with van der Waals surface area (Å²) in [4.78, 5) is 3.02. The van der Waals surface area contributed by atoms with E-state index >= 15 is 0 Å². The number of nitrogens with two attached hydrogens (primary N) is 1. The molecule has 3 heterocycles. The molecule has 2 aromatic carbocycles. The van der Waals surface area contributed by atoms with E-state index in [0.717, 1.165) is 38.0 Å². The Balaban J connectivity index is 1.28. The number of aromatic nitrogens is 2. The van der Waals surface area contributed by atoms with Crippen molar-refractivity contribution in [3.8, 4) is 0 Å². The zero-order chi connectivity index (χ0) is 23.2. The molecule has 1 aliphatic rings. The van der Waals surface area contributed by atoms with E-state index in [1.807, 2.05) is 42.5 Å². The molecule has 3 N–H and O–H groups in total. The quantitative estimate of drug-likeness (QED) is 0.382. The third-order valence-corrected chi connectivity index (χ3v) is 9.81. The van der Waals surface area contributed by atoms with E-state index in [0.29, 0.717) is 37.0 Å². The minimum atomic E-state index is -3.57. The van der Waals surface area contributed by atoms with Crippen molar-refractivity contribution in [3.05, 3.63) is 70.6 Å². The fourth-order valence-electron chi connectivity index (χ4n) is 4.30. The Kier molecular flexibility index (Phi) is 5.92. The standard InChI is InChI=1S/C23H24ClN5O2S2/c1-2-22(21-12-16-4-5-17(24)13-20(16)32-21)33(30,31)29-9-7-28(8-10-29)14-15-3-6-18-19(11-15)26-27-23(18)25/h2-6,11-13,22H,1,7-10,14H2,(H3,25,26,27). The van der Waals surface area contributed by atoms with Crippen LogP contribution in [0.3, 0.4) is 0 Å². The maximum atomic E-state index is 13.5. The Morgan fingerprint density at radius 1 is 1.18 bits per heavy atom. The minimum absolute atomic E-state index is 0.447. The molecule has 1 fully saturated rings. The molecule has 5 rings (SSSR count). The first-order valence-corrected chi connectivity index (χ1v) is 13.3. The highest BCUT2D eigenvalue weighted by atomic mass is 35.5. The summed E-state index contributed by atoms with van der Waals surface area (Å²) in [6.07, 6.45) is 1.53. The number of aromatic amines is 1. The second-order valence-electron chi connectivity index (χ2n) is 8.20. The topological polar surface area (TPSA) is 95.3 Å². The summed E-state index contributed by atoms with van der Waals surface area (Å²) in [5, 5.41) is 8.75. The van der Waals surface area contributed by atoms with Crippen LogP contribution in [0.4, 0.5) is 5.82 Å². The largest absolute Gasteiger partial charge is 0.382 e. The first-order chi connectivity index (χ1) is 15.8. The molecule has 1 saturated heterocycles. The second kappa shape index (κ2) is 8.73. The van der Waals surface area contributed by atoms with Gasteiger partial charge in [0.25, 0.3) is 0 Å². The minimum Gasteiger partial charge on any atom is -0.382 e. The highest BCUT2D eigenvalue weighted by molar-refractivity contribution is 7.89. The molecule has 1 unspecified atom stereocenters. The molecule has 7 nitrogen and oxygen atoms in total. The van der Waals surface area contributed by atoms with Crippen LogP contribution in [0.5, 0.6) is 0 Å². The van der Waals surface area contributed by atoms with Gasteiger partial charge in [0.05, 0.1) is 5.52 Å². The molecule has 33 heavy (non-hydrogen) atoms. The lowest BCUT2D eigenvalue weighted by molar-refractivity contribution is 0.181. The molecule has 0 spiro atoms. The number of fused-ring (bicyclic) bond motifs is 2. The van der Waals surface area contributed by atoms with Crippen LogP contribution >= 0.6 is 22.9 Å². The lowest BCUT2D eigenvalue weighted by Crippen LogP contribution is -2.49. The summed E-state index contributed by atoms with van der Waals surface area (Å²) < 4.78 is 29.5. The van der Waals surface area contributed by atoms with Gasteiger partial charge < -0.3 is 5.73 Å². The van der Waals surface area contributed by atoms with Crippen LogP contribution in [0.1, 0.15) is 15.7 Å². The van der Waals surface area contributed by atoms with Crippen molar-refractivity contribution in [2.75, 3.05) is 31.9 Å². The number of anilines is 1. The van der Waals surface area contributed by atoms with Gasteiger partial charge >= 0.3 is 0 Å². The molecule has 2 aromatic heterocycles. The Morgan fingerprint density at radius 2 is 1.97 bits per heavy atom. The van der Waals surface area contributed by atoms with E-state index in [2.05, 4.69) is 21.7 Å². The average Bonchev–Trinajstić information content (AvgIpc) is 3.37. The van der Waals surface area contributed by atoms with E-state index in [4.69, 9.17) is 17.3 Å². The fraction of sp³-hybridized carbons (Fsp3) is 0.261. The number of piperazine rings is 1. The number of hydrogen-bond donors (Lipinski definition) is 2. The lowest BCUT2D eigenvalue weighted by Gasteiger charge is -2.35. The smallest absolute Gasteiger partial charge is 0.225 e. The predicted molar refractivity (Wildman–Crippen MR) is 136 cm³/mol. The number of nitrogens with zero attached hydrogens (tertiary/aromatic N) is 3. The predicted octanol–water partition coefficient (Wildman–Crippen LogP) is 4.39. The van der Waals surface area contributed by atoms with Gasteiger partial charge in [0, 0.05) is 52.7 Å². The van der Waals surface area contributed by atoms with Gasteiger partial charge in [-0.1, -0.05) is 29.8 Å². The van der Waals surface area contributed by atoms with Crippen molar-refractivity contribution in [1.82, 2.24) is 19.4 Å². The Morgan fingerprint density at radius 3 is 2.73 bits per heavy atom. The van der Waals surface area contributed by atoms with Crippen LogP contribution < -0.4 is 5.73 Å². The zero-order valence-corrected chi connectivity index (χ0v) is 20.3. The van der Waals surface area contributed by atoms with Crippen molar-refractivity contribution >= 4 is 59.8 Å². The van der Waals surface area contributed by atoms with Crippen molar-refractivity contribution in [2.24, 2.45) is 0 Å². The summed E-state index contributed by atoms with van der Waals surface area (Å²) in [7, 11) is -3.57. The highest BCUT2D eigenvalue weighted by Gasteiger charge is 2.34. The molecule has 10 heteroatoms. The first kappa shape index (κ1) is 22.4. The van der Waals surface area contributed by atoms with Gasteiger partial charge in [0.1, 0.15) is 5.25 Å². The number of H-pyrrole nitrogens is 1. The monoisotopic (exact) mass is 501 g/mol. The summed E-state index contributed by atoms with van der Waals surface area (Å²) in [6.45, 7) is 6.79. The van der Waals surface area contributed by atoms with Gasteiger partial charge in [-0.15, -0.1) is 17.9 Å². The summed E-state index contributed by atoms with van der Waals surface area (Å²) >= 11 is 7.55. The maximum absolute atomic E-state index is 13.5. The third-order valence-electron chi connectivity index (χ3n) is 6.07. The molecule has 1 atom stereocenters. The average molecular weight is 502 g/mol. The summed E-state index contributed by atoms with van der Waals surface area (Å²) in [5.41, 5.74) is 7.89. The Bertz CT molecular complexity index is 1440. The SMILES string of the molecule is C=CC(c1cc2ccc(Cl)cc2s1)S(=O)(=O)N1CCN(Cc2ccc3c(N)n[nH]c3c2)CC1. The molecule has 0 saturated carbocycles. The Labute approximate surface area is 201 Å². The lowest BCUT2D eigenvalue weighted by atomic mass is 10.1. The molecule has 0 amide bonds. The molecule has 0 bridgehead atoms. The number of benzene rings is 2. The van der Waals surface area contributed by atoms with Gasteiger partial charge in [-0.25, -0.2) is 8.42 Å². The second-order valence-corrected chi connectivity index (χ2v) is 11.8. The number of halogens is 1. The van der Waals surface area contributed by atoms with Crippen molar-refractivity contribution in [2.45, 2.75) is 11.8 Å². The van der Waals surface area contributed by atoms with E-state index in [1.165, 1.54) is 17.4 Å². The van der Waals surface area contributed by atoms with Gasteiger partial charge in [-0.2, -0.15) is 9.40 Å². The van der Waals surface area contributed by atoms with Crippen molar-refractivity contribution in [1.29, 1.82) is 0 Å². The number of thiophene rings is 1. The summed E-state index contributed by atoms with van der Waals surface area (Å²) in [5.74, 6) is 0.494. The van der Waals surface area contributed by atoms with Gasteiger partial charge in [0.15, 0.2) is 5.82 Å². The van der Waals surface area contributed by atoms with Crippen LogP contribution in [-0.4, -0.2) is 54.0 Å². The normalized spacial score (nSPS) is 17.0. The Hall–Kier alpha value is -2.43. The maximum Gasteiger partial charge on any atom is 0.225 e. The number of hydrogen-bond acceptors (Lipinski definition) is 6. The molecule has 0 aliphatic carbocycles. The summed E-state index contributed by atoms with van der Waals surface area (Å²) in [6, 6.07) is 13.6. The van der Waals surface area contributed by atoms with Gasteiger partial charge in [-0.05, 0) is 41.3 Å². The van der Waals surface area contributed by atoms with E-state index in [-0.39, 0.29) is 0 Å².